The number of ether oxygens (including phenoxy) is 2. The van der Waals surface area contributed by atoms with E-state index in [2.05, 4.69) is 42.3 Å². The minimum Gasteiger partial charge on any atom is -0.489 e. The molecule has 0 bridgehead atoms. The molecule has 1 unspecified atom stereocenters. The molecule has 0 aliphatic rings. The van der Waals surface area contributed by atoms with Gasteiger partial charge in [-0.1, -0.05) is 67.6 Å². The molecule has 0 aliphatic carbocycles. The third-order valence-electron chi connectivity index (χ3n) is 6.72. The molecule has 0 saturated heterocycles. The van der Waals surface area contributed by atoms with E-state index in [1.807, 2.05) is 61.5 Å². The van der Waals surface area contributed by atoms with Gasteiger partial charge in [0.1, 0.15) is 24.7 Å². The van der Waals surface area contributed by atoms with E-state index in [1.54, 1.807) is 12.1 Å². The van der Waals surface area contributed by atoms with Gasteiger partial charge in [0.05, 0.1) is 24.1 Å². The van der Waals surface area contributed by atoms with Crippen LogP contribution in [0.3, 0.4) is 0 Å². The molecule has 0 spiro atoms. The summed E-state index contributed by atoms with van der Waals surface area (Å²) in [5.41, 5.74) is 6.83. The number of carbonyl (C=O) groups is 1. The van der Waals surface area contributed by atoms with Crippen LogP contribution in [0.15, 0.2) is 96.0 Å². The van der Waals surface area contributed by atoms with Gasteiger partial charge in [-0.25, -0.2) is 0 Å². The van der Waals surface area contributed by atoms with Crippen molar-refractivity contribution in [1.82, 2.24) is 0 Å². The highest BCUT2D eigenvalue weighted by Crippen LogP contribution is 2.29. The molecule has 1 N–H and O–H groups in total. The molecule has 6 heteroatoms. The SMILES string of the molecule is CCC(C=NCc1ccc(OCc2cccc(-c3ccccc3)c2C)cc1OCc1cccc(C#N)c1)C(=O)O. The zero-order valence-corrected chi connectivity index (χ0v) is 22.7. The van der Waals surface area contributed by atoms with Gasteiger partial charge in [-0.15, -0.1) is 0 Å². The van der Waals surface area contributed by atoms with Crippen LogP contribution >= 0.6 is 0 Å². The standard InChI is InChI=1S/C34H32N2O4/c1-3-27(34(37)38)20-36-21-29-15-16-31(18-33(29)40-22-26-10-7-9-25(17-26)19-35)39-23-30-13-8-14-32(24(30)2)28-11-5-4-6-12-28/h4-18,20,27H,3,21-23H2,1-2H3,(H,37,38). The van der Waals surface area contributed by atoms with Crippen molar-refractivity contribution in [2.45, 2.75) is 40.0 Å². The van der Waals surface area contributed by atoms with Crippen molar-refractivity contribution in [2.75, 3.05) is 0 Å². The van der Waals surface area contributed by atoms with Crippen molar-refractivity contribution < 1.29 is 19.4 Å². The Kier molecular flexibility index (Phi) is 9.68. The number of rotatable bonds is 12. The van der Waals surface area contributed by atoms with Crippen LogP contribution in [-0.2, 0) is 24.6 Å². The number of carboxylic acids is 1. The van der Waals surface area contributed by atoms with Crippen LogP contribution in [0.4, 0.5) is 0 Å². The maximum atomic E-state index is 11.4. The first-order valence-corrected chi connectivity index (χ1v) is 13.2. The number of hydrogen-bond acceptors (Lipinski definition) is 5. The molecule has 0 aromatic heterocycles. The van der Waals surface area contributed by atoms with E-state index in [0.29, 0.717) is 30.1 Å². The van der Waals surface area contributed by atoms with Gasteiger partial charge < -0.3 is 14.6 Å². The molecule has 4 aromatic rings. The van der Waals surface area contributed by atoms with Crippen molar-refractivity contribution in [3.63, 3.8) is 0 Å². The summed E-state index contributed by atoms with van der Waals surface area (Å²) < 4.78 is 12.4. The van der Waals surface area contributed by atoms with E-state index in [1.165, 1.54) is 11.8 Å². The lowest BCUT2D eigenvalue weighted by Crippen LogP contribution is -2.13. The first-order valence-electron chi connectivity index (χ1n) is 13.2. The fraction of sp³-hybridized carbons (Fsp3) is 0.206. The molecule has 40 heavy (non-hydrogen) atoms. The number of hydrogen-bond donors (Lipinski definition) is 1. The van der Waals surface area contributed by atoms with E-state index < -0.39 is 11.9 Å². The molecule has 0 fully saturated rings. The fourth-order valence-electron chi connectivity index (χ4n) is 4.33. The zero-order valence-electron chi connectivity index (χ0n) is 22.7. The molecule has 0 heterocycles. The summed E-state index contributed by atoms with van der Waals surface area (Å²) in [6.07, 6.45) is 1.95. The summed E-state index contributed by atoms with van der Waals surface area (Å²) in [4.78, 5) is 15.7. The summed E-state index contributed by atoms with van der Waals surface area (Å²) in [7, 11) is 0. The highest BCUT2D eigenvalue weighted by molar-refractivity contribution is 5.88. The summed E-state index contributed by atoms with van der Waals surface area (Å²) in [5.74, 6) is -0.281. The number of aliphatic imine (C=N–C) groups is 1. The van der Waals surface area contributed by atoms with Gasteiger partial charge in [0.15, 0.2) is 0 Å². The van der Waals surface area contributed by atoms with Crippen molar-refractivity contribution >= 4 is 12.2 Å². The summed E-state index contributed by atoms with van der Waals surface area (Å²) >= 11 is 0. The predicted octanol–water partition coefficient (Wildman–Crippen LogP) is 7.37. The third kappa shape index (κ3) is 7.36. The molecule has 0 aliphatic heterocycles. The summed E-state index contributed by atoms with van der Waals surface area (Å²) in [6, 6.07) is 31.5. The average Bonchev–Trinajstić information content (AvgIpc) is 2.98. The van der Waals surface area contributed by atoms with Crippen molar-refractivity contribution in [3.8, 4) is 28.7 Å². The Labute approximate surface area is 235 Å². The molecule has 202 valence electrons. The molecule has 0 radical (unpaired) electrons. The van der Waals surface area contributed by atoms with Crippen molar-refractivity contribution in [2.24, 2.45) is 10.9 Å². The largest absolute Gasteiger partial charge is 0.489 e. The minimum atomic E-state index is -0.893. The Morgan fingerprint density at radius 2 is 1.75 bits per heavy atom. The number of benzene rings is 4. The van der Waals surface area contributed by atoms with E-state index in [-0.39, 0.29) is 13.2 Å². The molecule has 4 rings (SSSR count). The topological polar surface area (TPSA) is 91.9 Å². The van der Waals surface area contributed by atoms with Gasteiger partial charge in [0.25, 0.3) is 0 Å². The maximum absolute atomic E-state index is 11.4. The number of aliphatic carboxylic acids is 1. The van der Waals surface area contributed by atoms with Gasteiger partial charge in [0, 0.05) is 17.8 Å². The molecule has 0 amide bonds. The molecule has 1 atom stereocenters. The summed E-state index contributed by atoms with van der Waals surface area (Å²) in [6.45, 7) is 4.85. The van der Waals surface area contributed by atoms with E-state index in [9.17, 15) is 15.2 Å². The third-order valence-corrected chi connectivity index (χ3v) is 6.72. The van der Waals surface area contributed by atoms with Crippen LogP contribution in [-0.4, -0.2) is 17.3 Å². The second-order valence-corrected chi connectivity index (χ2v) is 9.46. The van der Waals surface area contributed by atoms with Gasteiger partial charge in [-0.3, -0.25) is 9.79 Å². The quantitative estimate of drug-likeness (QED) is 0.192. The zero-order chi connectivity index (χ0) is 28.3. The van der Waals surface area contributed by atoms with Crippen LogP contribution in [0.2, 0.25) is 0 Å². The second kappa shape index (κ2) is 13.8. The number of nitrogens with zero attached hydrogens (tertiary/aromatic N) is 2. The van der Waals surface area contributed by atoms with Gasteiger partial charge >= 0.3 is 5.97 Å². The monoisotopic (exact) mass is 532 g/mol. The van der Waals surface area contributed by atoms with Gasteiger partial charge in [-0.2, -0.15) is 5.26 Å². The molecule has 6 nitrogen and oxygen atoms in total. The number of nitriles is 1. The Morgan fingerprint density at radius 3 is 2.50 bits per heavy atom. The summed E-state index contributed by atoms with van der Waals surface area (Å²) in [5, 5.41) is 18.5. The Hall–Kier alpha value is -4.89. The lowest BCUT2D eigenvalue weighted by atomic mass is 9.97. The van der Waals surface area contributed by atoms with Crippen molar-refractivity contribution in [3.05, 3.63) is 119 Å². The normalized spacial score (nSPS) is 11.6. The molecular weight excluding hydrogens is 500 g/mol. The molecule has 0 saturated carbocycles. The lowest BCUT2D eigenvalue weighted by Gasteiger charge is -2.15. The maximum Gasteiger partial charge on any atom is 0.311 e. The highest BCUT2D eigenvalue weighted by atomic mass is 16.5. The number of carboxylic acid groups (broad SMARTS) is 1. The lowest BCUT2D eigenvalue weighted by molar-refractivity contribution is -0.139. The Morgan fingerprint density at radius 1 is 0.950 bits per heavy atom. The van der Waals surface area contributed by atoms with Crippen LogP contribution in [0.25, 0.3) is 11.1 Å². The van der Waals surface area contributed by atoms with Crippen LogP contribution in [0.1, 0.15) is 41.2 Å². The second-order valence-electron chi connectivity index (χ2n) is 9.46. The Bertz CT molecular complexity index is 1520. The fourth-order valence-corrected chi connectivity index (χ4v) is 4.33. The van der Waals surface area contributed by atoms with E-state index in [4.69, 9.17) is 9.47 Å². The predicted molar refractivity (Wildman–Crippen MR) is 156 cm³/mol. The van der Waals surface area contributed by atoms with E-state index in [0.717, 1.165) is 27.8 Å². The average molecular weight is 533 g/mol. The highest BCUT2D eigenvalue weighted by Gasteiger charge is 2.13. The smallest absolute Gasteiger partial charge is 0.311 e. The van der Waals surface area contributed by atoms with Crippen molar-refractivity contribution in [1.29, 1.82) is 5.26 Å². The van der Waals surface area contributed by atoms with Gasteiger partial charge in [0.2, 0.25) is 0 Å². The van der Waals surface area contributed by atoms with Crippen LogP contribution in [0.5, 0.6) is 11.5 Å². The van der Waals surface area contributed by atoms with Crippen LogP contribution < -0.4 is 9.47 Å². The first kappa shape index (κ1) is 28.1. The van der Waals surface area contributed by atoms with E-state index >= 15 is 0 Å². The minimum absolute atomic E-state index is 0.265. The first-order chi connectivity index (χ1) is 19.5. The molecular formula is C34H32N2O4. The molecule has 4 aromatic carbocycles. The van der Waals surface area contributed by atoms with Crippen LogP contribution in [0, 0.1) is 24.2 Å². The van der Waals surface area contributed by atoms with Gasteiger partial charge in [-0.05, 0) is 65.4 Å². The Balaban J connectivity index is 1.54.